The van der Waals surface area contributed by atoms with Gasteiger partial charge in [0.25, 0.3) is 0 Å². The quantitative estimate of drug-likeness (QED) is 0.774. The molecule has 5 heteroatoms. The van der Waals surface area contributed by atoms with E-state index in [1.165, 1.54) is 16.7 Å². The second-order valence-electron chi connectivity index (χ2n) is 6.19. The van der Waals surface area contributed by atoms with Crippen LogP contribution in [0, 0.1) is 0 Å². The minimum atomic E-state index is 0.128. The van der Waals surface area contributed by atoms with Crippen molar-refractivity contribution in [2.75, 3.05) is 11.1 Å². The summed E-state index contributed by atoms with van der Waals surface area (Å²) >= 11 is 0. The number of hydrogen-bond donors (Lipinski definition) is 2. The number of fused-ring (bicyclic) bond motifs is 1. The molecule has 5 nitrogen and oxygen atoms in total. The fourth-order valence-electron chi connectivity index (χ4n) is 3.35. The Hall–Kier alpha value is -2.82. The third kappa shape index (κ3) is 2.62. The molecule has 0 saturated heterocycles. The minimum Gasteiger partial charge on any atom is -0.366 e. The lowest BCUT2D eigenvalue weighted by molar-refractivity contribution is 0.431. The number of anilines is 2. The summed E-state index contributed by atoms with van der Waals surface area (Å²) in [5, 5.41) is 7.87. The lowest BCUT2D eigenvalue weighted by Crippen LogP contribution is -2.28. The van der Waals surface area contributed by atoms with Crippen LogP contribution in [0.5, 0.6) is 0 Å². The van der Waals surface area contributed by atoms with Gasteiger partial charge in [-0.1, -0.05) is 61.5 Å². The van der Waals surface area contributed by atoms with E-state index in [0.717, 1.165) is 18.8 Å². The third-order valence-electron chi connectivity index (χ3n) is 4.68. The van der Waals surface area contributed by atoms with Crippen LogP contribution in [0.1, 0.15) is 42.1 Å². The molecule has 0 spiro atoms. The van der Waals surface area contributed by atoms with Gasteiger partial charge in [-0.25, -0.2) is 4.68 Å². The lowest BCUT2D eigenvalue weighted by Gasteiger charge is -2.31. The van der Waals surface area contributed by atoms with Crippen molar-refractivity contribution < 1.29 is 0 Å². The zero-order valence-corrected chi connectivity index (χ0v) is 13.7. The summed E-state index contributed by atoms with van der Waals surface area (Å²) in [4.78, 5) is 4.35. The number of nitrogen functional groups attached to an aromatic ring is 1. The Labute approximate surface area is 141 Å². The molecule has 0 bridgehead atoms. The van der Waals surface area contributed by atoms with Crippen LogP contribution in [0.3, 0.4) is 0 Å². The smallest absolute Gasteiger partial charge is 0.241 e. The van der Waals surface area contributed by atoms with Crippen LogP contribution in [0.25, 0.3) is 0 Å². The molecule has 1 aliphatic rings. The van der Waals surface area contributed by atoms with Gasteiger partial charge >= 0.3 is 0 Å². The molecule has 1 aromatic heterocycles. The van der Waals surface area contributed by atoms with Gasteiger partial charge < -0.3 is 11.1 Å². The molecule has 2 atom stereocenters. The number of rotatable bonds is 3. The van der Waals surface area contributed by atoms with Crippen LogP contribution < -0.4 is 11.1 Å². The van der Waals surface area contributed by atoms with Gasteiger partial charge in [0.1, 0.15) is 0 Å². The molecule has 122 valence electrons. The molecule has 0 aliphatic carbocycles. The van der Waals surface area contributed by atoms with Gasteiger partial charge in [-0.2, -0.15) is 4.98 Å². The summed E-state index contributed by atoms with van der Waals surface area (Å²) in [5.41, 5.74) is 9.67. The number of aromatic nitrogens is 3. The van der Waals surface area contributed by atoms with Crippen molar-refractivity contribution in [3.05, 3.63) is 71.3 Å². The number of hydrogen-bond acceptors (Lipinski definition) is 4. The van der Waals surface area contributed by atoms with Gasteiger partial charge in [-0.15, -0.1) is 5.10 Å². The van der Waals surface area contributed by atoms with Crippen LogP contribution in [0.15, 0.2) is 54.6 Å². The zero-order valence-electron chi connectivity index (χ0n) is 13.7. The Morgan fingerprint density at radius 2 is 1.83 bits per heavy atom. The maximum atomic E-state index is 5.84. The number of nitrogens with two attached hydrogens (primary N) is 1. The van der Waals surface area contributed by atoms with Crippen LogP contribution in [-0.2, 0) is 6.42 Å². The molecule has 3 N–H and O–H groups in total. The summed E-state index contributed by atoms with van der Waals surface area (Å²) in [6.45, 7) is 2.17. The molecule has 0 saturated carbocycles. The maximum absolute atomic E-state index is 5.84. The Balaban J connectivity index is 1.71. The minimum absolute atomic E-state index is 0.128. The largest absolute Gasteiger partial charge is 0.366 e. The van der Waals surface area contributed by atoms with E-state index < -0.39 is 0 Å². The number of nitrogens with one attached hydrogen (secondary N) is 1. The maximum Gasteiger partial charge on any atom is 0.241 e. The SMILES string of the molecule is CCc1ccc([C@@H]2C[C@@H](c3ccccc3)n3nc(N)nc3N2)cc1. The van der Waals surface area contributed by atoms with Crippen molar-refractivity contribution in [3.8, 4) is 0 Å². The zero-order chi connectivity index (χ0) is 16.5. The van der Waals surface area contributed by atoms with Crippen molar-refractivity contribution in [1.29, 1.82) is 0 Å². The first kappa shape index (κ1) is 14.8. The highest BCUT2D eigenvalue weighted by Crippen LogP contribution is 2.37. The van der Waals surface area contributed by atoms with Gasteiger partial charge in [0.2, 0.25) is 11.9 Å². The number of nitrogens with zero attached hydrogens (tertiary/aromatic N) is 3. The second kappa shape index (κ2) is 6.00. The van der Waals surface area contributed by atoms with Crippen LogP contribution in [0.2, 0.25) is 0 Å². The molecule has 0 fully saturated rings. The molecule has 0 amide bonds. The Bertz CT molecular complexity index is 823. The first-order valence-electron chi connectivity index (χ1n) is 8.37. The standard InChI is InChI=1S/C19H21N5/c1-2-13-8-10-14(11-9-13)16-12-17(15-6-4-3-5-7-15)24-19(21-16)22-18(20)23-24/h3-11,16-17H,2,12H2,1H3,(H3,20,21,22,23)/t16-,17-/m0/s1. The fraction of sp³-hybridized carbons (Fsp3) is 0.263. The summed E-state index contributed by atoms with van der Waals surface area (Å²) in [6.07, 6.45) is 1.96. The predicted octanol–water partition coefficient (Wildman–Crippen LogP) is 3.57. The number of benzene rings is 2. The highest BCUT2D eigenvalue weighted by atomic mass is 15.4. The van der Waals surface area contributed by atoms with Crippen molar-refractivity contribution in [1.82, 2.24) is 14.8 Å². The van der Waals surface area contributed by atoms with E-state index in [4.69, 9.17) is 5.73 Å². The predicted molar refractivity (Wildman–Crippen MR) is 95.8 cm³/mol. The molecule has 24 heavy (non-hydrogen) atoms. The van der Waals surface area contributed by atoms with Crippen LogP contribution in [-0.4, -0.2) is 14.8 Å². The topological polar surface area (TPSA) is 68.8 Å². The molecule has 2 aromatic carbocycles. The second-order valence-corrected chi connectivity index (χ2v) is 6.19. The summed E-state index contributed by atoms with van der Waals surface area (Å²) in [5.74, 6) is 1.04. The first-order chi connectivity index (χ1) is 11.7. The summed E-state index contributed by atoms with van der Waals surface area (Å²) in [6, 6.07) is 19.5. The third-order valence-corrected chi connectivity index (χ3v) is 4.68. The van der Waals surface area contributed by atoms with E-state index in [0.29, 0.717) is 5.95 Å². The van der Waals surface area contributed by atoms with Crippen molar-refractivity contribution >= 4 is 11.9 Å². The lowest BCUT2D eigenvalue weighted by atomic mass is 9.93. The molecular weight excluding hydrogens is 298 g/mol. The summed E-state index contributed by atoms with van der Waals surface area (Å²) in [7, 11) is 0. The molecule has 1 aliphatic heterocycles. The van der Waals surface area contributed by atoms with E-state index >= 15 is 0 Å². The summed E-state index contributed by atoms with van der Waals surface area (Å²) < 4.78 is 1.90. The molecular formula is C19H21N5. The highest BCUT2D eigenvalue weighted by molar-refractivity contribution is 5.42. The average molecular weight is 319 g/mol. The van der Waals surface area contributed by atoms with E-state index in [-0.39, 0.29) is 12.1 Å². The van der Waals surface area contributed by atoms with Gasteiger partial charge in [0.05, 0.1) is 12.1 Å². The highest BCUT2D eigenvalue weighted by Gasteiger charge is 2.30. The monoisotopic (exact) mass is 319 g/mol. The first-order valence-corrected chi connectivity index (χ1v) is 8.37. The molecule has 2 heterocycles. The Kier molecular flexibility index (Phi) is 3.69. The molecule has 0 unspecified atom stereocenters. The van der Waals surface area contributed by atoms with Crippen molar-refractivity contribution in [2.24, 2.45) is 0 Å². The van der Waals surface area contributed by atoms with Gasteiger partial charge in [0, 0.05) is 0 Å². The molecule has 4 rings (SSSR count). The number of aryl methyl sites for hydroxylation is 1. The van der Waals surface area contributed by atoms with Gasteiger partial charge in [0.15, 0.2) is 0 Å². The molecule has 3 aromatic rings. The average Bonchev–Trinajstić information content (AvgIpc) is 3.02. The van der Waals surface area contributed by atoms with Gasteiger partial charge in [-0.3, -0.25) is 0 Å². The van der Waals surface area contributed by atoms with Crippen molar-refractivity contribution in [2.45, 2.75) is 31.8 Å². The normalized spacial score (nSPS) is 19.5. The van der Waals surface area contributed by atoms with E-state index in [2.05, 4.69) is 70.9 Å². The van der Waals surface area contributed by atoms with Crippen molar-refractivity contribution in [3.63, 3.8) is 0 Å². The van der Waals surface area contributed by atoms with E-state index in [9.17, 15) is 0 Å². The van der Waals surface area contributed by atoms with E-state index in [1.54, 1.807) is 0 Å². The fourth-order valence-corrected chi connectivity index (χ4v) is 3.35. The van der Waals surface area contributed by atoms with Crippen LogP contribution >= 0.6 is 0 Å². The van der Waals surface area contributed by atoms with E-state index in [1.807, 2.05) is 10.7 Å². The Morgan fingerprint density at radius 1 is 1.08 bits per heavy atom. The Morgan fingerprint density at radius 3 is 2.54 bits per heavy atom. The van der Waals surface area contributed by atoms with Crippen LogP contribution in [0.4, 0.5) is 11.9 Å². The van der Waals surface area contributed by atoms with Gasteiger partial charge in [-0.05, 0) is 29.5 Å². The molecule has 0 radical (unpaired) electrons.